The molecule has 0 aliphatic rings. The van der Waals surface area contributed by atoms with Crippen LogP contribution in [0.5, 0.6) is 0 Å². The first-order valence-electron chi connectivity index (χ1n) is 4.51. The van der Waals surface area contributed by atoms with E-state index in [1.807, 2.05) is 6.26 Å². The van der Waals surface area contributed by atoms with E-state index < -0.39 is 6.04 Å². The van der Waals surface area contributed by atoms with Crippen molar-refractivity contribution in [3.63, 3.8) is 0 Å². The minimum Gasteiger partial charge on any atom is -0.461 e. The number of hydrogen-bond donors (Lipinski definition) is 1. The first-order chi connectivity index (χ1) is 6.61. The first-order valence-corrected chi connectivity index (χ1v) is 5.90. The molecule has 4 nitrogen and oxygen atoms in total. The highest BCUT2D eigenvalue weighted by Crippen LogP contribution is 2.03. The third-order valence-corrected chi connectivity index (χ3v) is 2.16. The highest BCUT2D eigenvalue weighted by molar-refractivity contribution is 7.98. The molecule has 0 bridgehead atoms. The van der Waals surface area contributed by atoms with Crippen molar-refractivity contribution in [2.75, 3.05) is 12.0 Å². The molecule has 5 heteroatoms. The molecule has 0 saturated heterocycles. The van der Waals surface area contributed by atoms with Crippen molar-refractivity contribution in [1.29, 1.82) is 0 Å². The summed E-state index contributed by atoms with van der Waals surface area (Å²) in [5.41, 5.74) is 0. The smallest absolute Gasteiger partial charge is 0.328 e. The summed E-state index contributed by atoms with van der Waals surface area (Å²) < 4.78 is 4.99. The molecule has 1 amide bonds. The molecule has 0 rings (SSSR count). The van der Waals surface area contributed by atoms with Crippen LogP contribution in [0.25, 0.3) is 0 Å². The third-order valence-electron chi connectivity index (χ3n) is 1.52. The van der Waals surface area contributed by atoms with Gasteiger partial charge in [-0.2, -0.15) is 11.8 Å². The lowest BCUT2D eigenvalue weighted by Gasteiger charge is -2.16. The summed E-state index contributed by atoms with van der Waals surface area (Å²) in [6.45, 7) is 3.56. The molecule has 0 aromatic heterocycles. The monoisotopic (exact) mass is 219 g/mol. The van der Waals surface area contributed by atoms with Gasteiger partial charge in [0.15, 0.2) is 0 Å². The minimum atomic E-state index is -0.512. The molecule has 0 fully saturated rings. The number of hydrogen-bond acceptors (Lipinski definition) is 4. The van der Waals surface area contributed by atoms with E-state index in [1.165, 1.54) is 0 Å². The predicted molar refractivity (Wildman–Crippen MR) is 57.2 cm³/mol. The van der Waals surface area contributed by atoms with Gasteiger partial charge in [0.2, 0.25) is 6.41 Å². The normalized spacial score (nSPS) is 12.3. The van der Waals surface area contributed by atoms with Gasteiger partial charge in [0.05, 0.1) is 6.10 Å². The second kappa shape index (κ2) is 7.67. The van der Waals surface area contributed by atoms with Crippen molar-refractivity contribution in [3.8, 4) is 0 Å². The quantitative estimate of drug-likeness (QED) is 0.508. The van der Waals surface area contributed by atoms with E-state index in [2.05, 4.69) is 5.32 Å². The summed E-state index contributed by atoms with van der Waals surface area (Å²) in [7, 11) is 0. The van der Waals surface area contributed by atoms with Gasteiger partial charge in [-0.3, -0.25) is 4.79 Å². The van der Waals surface area contributed by atoms with Gasteiger partial charge >= 0.3 is 5.97 Å². The zero-order valence-corrected chi connectivity index (χ0v) is 9.60. The van der Waals surface area contributed by atoms with Crippen molar-refractivity contribution < 1.29 is 14.3 Å². The Morgan fingerprint density at radius 1 is 1.57 bits per heavy atom. The van der Waals surface area contributed by atoms with E-state index in [0.29, 0.717) is 12.8 Å². The van der Waals surface area contributed by atoms with Crippen molar-refractivity contribution in [3.05, 3.63) is 0 Å². The number of esters is 1. The van der Waals surface area contributed by atoms with Crippen molar-refractivity contribution >= 4 is 24.1 Å². The molecular formula is C9H17NO3S. The van der Waals surface area contributed by atoms with E-state index >= 15 is 0 Å². The van der Waals surface area contributed by atoms with Crippen molar-refractivity contribution in [1.82, 2.24) is 5.32 Å². The number of carbonyl (C=O) groups excluding carboxylic acids is 2. The lowest BCUT2D eigenvalue weighted by molar-refractivity contribution is -0.150. The van der Waals surface area contributed by atoms with Crippen LogP contribution in [-0.4, -0.2) is 36.5 Å². The molecule has 0 heterocycles. The van der Waals surface area contributed by atoms with Gasteiger partial charge in [-0.05, 0) is 32.3 Å². The summed E-state index contributed by atoms with van der Waals surface area (Å²) in [6.07, 6.45) is 2.94. The van der Waals surface area contributed by atoms with Crippen LogP contribution in [0.3, 0.4) is 0 Å². The van der Waals surface area contributed by atoms with Crippen LogP contribution < -0.4 is 5.32 Å². The number of nitrogens with one attached hydrogen (secondary N) is 1. The summed E-state index contributed by atoms with van der Waals surface area (Å²) in [4.78, 5) is 21.6. The Kier molecular flexibility index (Phi) is 7.28. The van der Waals surface area contributed by atoms with Crippen LogP contribution in [0.4, 0.5) is 0 Å². The Morgan fingerprint density at radius 2 is 2.21 bits per heavy atom. The molecule has 0 spiro atoms. The average Bonchev–Trinajstić information content (AvgIpc) is 2.10. The second-order valence-electron chi connectivity index (χ2n) is 3.10. The first kappa shape index (κ1) is 13.3. The Hall–Kier alpha value is -0.710. The maximum atomic E-state index is 11.4. The van der Waals surface area contributed by atoms with Crippen LogP contribution >= 0.6 is 11.8 Å². The predicted octanol–water partition coefficient (Wildman–Crippen LogP) is 0.806. The summed E-state index contributed by atoms with van der Waals surface area (Å²) in [5.74, 6) is 0.458. The van der Waals surface area contributed by atoms with Gasteiger partial charge in [0.1, 0.15) is 6.04 Å². The number of carbonyl (C=O) groups is 2. The lowest BCUT2D eigenvalue weighted by atomic mass is 10.2. The largest absolute Gasteiger partial charge is 0.461 e. The van der Waals surface area contributed by atoms with Gasteiger partial charge in [-0.1, -0.05) is 0 Å². The Bertz CT molecular complexity index is 185. The average molecular weight is 219 g/mol. The Balaban J connectivity index is 4.03. The molecule has 0 radical (unpaired) electrons. The van der Waals surface area contributed by atoms with Crippen LogP contribution in [0, 0.1) is 0 Å². The zero-order chi connectivity index (χ0) is 11.0. The van der Waals surface area contributed by atoms with E-state index in [-0.39, 0.29) is 12.1 Å². The third kappa shape index (κ3) is 5.85. The highest BCUT2D eigenvalue weighted by Gasteiger charge is 2.19. The molecular weight excluding hydrogens is 202 g/mol. The van der Waals surface area contributed by atoms with E-state index in [1.54, 1.807) is 25.6 Å². The van der Waals surface area contributed by atoms with Crippen LogP contribution in [0.15, 0.2) is 0 Å². The summed E-state index contributed by atoms with van der Waals surface area (Å²) in [6, 6.07) is -0.512. The fourth-order valence-corrected chi connectivity index (χ4v) is 1.37. The van der Waals surface area contributed by atoms with Gasteiger partial charge in [0.25, 0.3) is 0 Å². The molecule has 1 atom stereocenters. The Morgan fingerprint density at radius 3 is 2.64 bits per heavy atom. The van der Waals surface area contributed by atoms with Gasteiger partial charge in [0, 0.05) is 0 Å². The maximum absolute atomic E-state index is 11.4. The van der Waals surface area contributed by atoms with E-state index in [4.69, 9.17) is 4.74 Å². The van der Waals surface area contributed by atoms with Crippen LogP contribution in [0.2, 0.25) is 0 Å². The lowest BCUT2D eigenvalue weighted by Crippen LogP contribution is -2.38. The SMILES string of the molecule is CSCCC(NC=O)C(=O)OC(C)C. The molecule has 0 aliphatic heterocycles. The topological polar surface area (TPSA) is 55.4 Å². The van der Waals surface area contributed by atoms with Gasteiger partial charge in [-0.15, -0.1) is 0 Å². The summed E-state index contributed by atoms with van der Waals surface area (Å²) in [5, 5.41) is 2.45. The van der Waals surface area contributed by atoms with Crippen LogP contribution in [0.1, 0.15) is 20.3 Å². The molecule has 1 unspecified atom stereocenters. The molecule has 82 valence electrons. The molecule has 0 aromatic carbocycles. The zero-order valence-electron chi connectivity index (χ0n) is 8.78. The van der Waals surface area contributed by atoms with Gasteiger partial charge < -0.3 is 10.1 Å². The fraction of sp³-hybridized carbons (Fsp3) is 0.778. The van der Waals surface area contributed by atoms with Crippen molar-refractivity contribution in [2.24, 2.45) is 0 Å². The van der Waals surface area contributed by atoms with Crippen molar-refractivity contribution in [2.45, 2.75) is 32.4 Å². The highest BCUT2D eigenvalue weighted by atomic mass is 32.2. The Labute approximate surface area is 88.8 Å². The maximum Gasteiger partial charge on any atom is 0.328 e. The molecule has 0 saturated carbocycles. The summed E-state index contributed by atoms with van der Waals surface area (Å²) >= 11 is 1.63. The number of ether oxygens (including phenoxy) is 1. The number of thioether (sulfide) groups is 1. The number of amides is 1. The molecule has 1 N–H and O–H groups in total. The van der Waals surface area contributed by atoms with Crippen LogP contribution in [-0.2, 0) is 14.3 Å². The fourth-order valence-electron chi connectivity index (χ4n) is 0.902. The minimum absolute atomic E-state index is 0.146. The molecule has 0 aliphatic carbocycles. The van der Waals surface area contributed by atoms with E-state index in [0.717, 1.165) is 5.75 Å². The van der Waals surface area contributed by atoms with Gasteiger partial charge in [-0.25, -0.2) is 4.79 Å². The standard InChI is InChI=1S/C9H17NO3S/c1-7(2)13-9(12)8(10-6-11)4-5-14-3/h6-8H,4-5H2,1-3H3,(H,10,11). The second-order valence-corrected chi connectivity index (χ2v) is 4.09. The molecule has 0 aromatic rings. The number of rotatable bonds is 7. The van der Waals surface area contributed by atoms with E-state index in [9.17, 15) is 9.59 Å². The molecule has 14 heavy (non-hydrogen) atoms.